The van der Waals surface area contributed by atoms with Crippen molar-refractivity contribution in [2.24, 2.45) is 0 Å². The maximum atomic E-state index is 6.07. The predicted octanol–water partition coefficient (Wildman–Crippen LogP) is 4.99. The summed E-state index contributed by atoms with van der Waals surface area (Å²) in [6, 6.07) is 16.0. The van der Waals surface area contributed by atoms with Crippen LogP contribution in [0.1, 0.15) is 12.2 Å². The molecule has 2 aromatic heterocycles. The summed E-state index contributed by atoms with van der Waals surface area (Å²) in [5.74, 6) is 2.46. The van der Waals surface area contributed by atoms with Gasteiger partial charge in [0, 0.05) is 42.0 Å². The Bertz CT molecular complexity index is 1330. The molecule has 36 heavy (non-hydrogen) atoms. The summed E-state index contributed by atoms with van der Waals surface area (Å²) in [7, 11) is 4.21. The fourth-order valence-corrected chi connectivity index (χ4v) is 4.59. The summed E-state index contributed by atoms with van der Waals surface area (Å²) < 4.78 is 7.85. The normalized spacial score (nSPS) is 14.1. The summed E-state index contributed by atoms with van der Waals surface area (Å²) in [5, 5.41) is 4.12. The summed E-state index contributed by atoms with van der Waals surface area (Å²) in [5.41, 5.74) is 4.95. The minimum absolute atomic E-state index is 0.672. The van der Waals surface area contributed by atoms with Crippen LogP contribution in [0.5, 0.6) is 0 Å². The van der Waals surface area contributed by atoms with Crippen LogP contribution in [0.25, 0.3) is 22.3 Å². The standard InChI is InChI=1S/C27H32ClN7O/c1-19-29-23-10-5-20(17-25(23)35(19)12-4-11-33(2)3)24-18-26(30-22-8-6-21(28)7-9-22)32-27(31-24)34-13-15-36-16-14-34/h5-10,17-18H,4,11-16H2,1-3H3,(H,30,31,32). The first-order valence-corrected chi connectivity index (χ1v) is 12.7. The summed E-state index contributed by atoms with van der Waals surface area (Å²) >= 11 is 6.07. The highest BCUT2D eigenvalue weighted by molar-refractivity contribution is 6.30. The van der Waals surface area contributed by atoms with Crippen LogP contribution in [-0.2, 0) is 11.3 Å². The molecule has 1 fully saturated rings. The Morgan fingerprint density at radius 1 is 1.00 bits per heavy atom. The molecule has 3 heterocycles. The van der Waals surface area contributed by atoms with Crippen LogP contribution in [0.2, 0.25) is 5.02 Å². The molecule has 5 rings (SSSR count). The van der Waals surface area contributed by atoms with Gasteiger partial charge in [0.2, 0.25) is 5.95 Å². The zero-order valence-corrected chi connectivity index (χ0v) is 21.8. The number of hydrogen-bond acceptors (Lipinski definition) is 7. The van der Waals surface area contributed by atoms with Gasteiger partial charge in [0.25, 0.3) is 0 Å². The molecule has 0 bridgehead atoms. The molecule has 0 aliphatic carbocycles. The highest BCUT2D eigenvalue weighted by atomic mass is 35.5. The number of nitrogens with one attached hydrogen (secondary N) is 1. The minimum Gasteiger partial charge on any atom is -0.378 e. The molecule has 0 saturated carbocycles. The first-order chi connectivity index (χ1) is 17.5. The fourth-order valence-electron chi connectivity index (χ4n) is 4.46. The third-order valence-corrected chi connectivity index (χ3v) is 6.60. The van der Waals surface area contributed by atoms with E-state index in [2.05, 4.69) is 58.9 Å². The van der Waals surface area contributed by atoms with Crippen molar-refractivity contribution in [1.82, 2.24) is 24.4 Å². The number of hydrogen-bond donors (Lipinski definition) is 1. The quantitative estimate of drug-likeness (QED) is 0.362. The second-order valence-corrected chi connectivity index (χ2v) is 9.78. The summed E-state index contributed by atoms with van der Waals surface area (Å²) in [4.78, 5) is 19.0. The van der Waals surface area contributed by atoms with Gasteiger partial charge >= 0.3 is 0 Å². The lowest BCUT2D eigenvalue weighted by molar-refractivity contribution is 0.122. The number of imidazole rings is 1. The summed E-state index contributed by atoms with van der Waals surface area (Å²) in [6.45, 7) is 6.91. The van der Waals surface area contributed by atoms with Crippen LogP contribution in [0, 0.1) is 6.92 Å². The van der Waals surface area contributed by atoms with Gasteiger partial charge in [0.05, 0.1) is 29.9 Å². The molecular formula is C27H32ClN7O. The van der Waals surface area contributed by atoms with Gasteiger partial charge < -0.3 is 24.4 Å². The minimum atomic E-state index is 0.672. The molecule has 0 amide bonds. The van der Waals surface area contributed by atoms with E-state index in [1.54, 1.807) is 0 Å². The molecule has 1 aliphatic rings. The van der Waals surface area contributed by atoms with Crippen molar-refractivity contribution < 1.29 is 4.74 Å². The molecule has 4 aromatic rings. The fraction of sp³-hybridized carbons (Fsp3) is 0.370. The van der Waals surface area contributed by atoms with Gasteiger partial charge in [-0.3, -0.25) is 0 Å². The average Bonchev–Trinajstić information content (AvgIpc) is 3.20. The van der Waals surface area contributed by atoms with Crippen LogP contribution in [0.3, 0.4) is 0 Å². The van der Waals surface area contributed by atoms with Gasteiger partial charge in [-0.15, -0.1) is 0 Å². The van der Waals surface area contributed by atoms with E-state index < -0.39 is 0 Å². The van der Waals surface area contributed by atoms with Crippen LogP contribution in [-0.4, -0.2) is 71.4 Å². The first kappa shape index (κ1) is 24.5. The molecule has 9 heteroatoms. The molecule has 2 aromatic carbocycles. The van der Waals surface area contributed by atoms with Gasteiger partial charge in [-0.1, -0.05) is 17.7 Å². The van der Waals surface area contributed by atoms with Crippen molar-refractivity contribution in [3.63, 3.8) is 0 Å². The molecular weight excluding hydrogens is 474 g/mol. The number of ether oxygens (including phenoxy) is 1. The Kier molecular flexibility index (Phi) is 7.36. The molecule has 1 aliphatic heterocycles. The number of aryl methyl sites for hydroxylation is 2. The number of rotatable bonds is 8. The zero-order valence-electron chi connectivity index (χ0n) is 21.0. The van der Waals surface area contributed by atoms with Crippen molar-refractivity contribution in [2.75, 3.05) is 57.2 Å². The van der Waals surface area contributed by atoms with Gasteiger partial charge in [0.15, 0.2) is 0 Å². The van der Waals surface area contributed by atoms with E-state index in [0.29, 0.717) is 24.2 Å². The van der Waals surface area contributed by atoms with Gasteiger partial charge in [0.1, 0.15) is 11.6 Å². The number of halogens is 1. The maximum Gasteiger partial charge on any atom is 0.228 e. The smallest absolute Gasteiger partial charge is 0.228 e. The Balaban J connectivity index is 1.52. The second kappa shape index (κ2) is 10.8. The topological polar surface area (TPSA) is 71.3 Å². The molecule has 0 spiro atoms. The van der Waals surface area contributed by atoms with E-state index in [-0.39, 0.29) is 0 Å². The first-order valence-electron chi connectivity index (χ1n) is 12.3. The van der Waals surface area contributed by atoms with Gasteiger partial charge in [-0.05, 0) is 70.4 Å². The monoisotopic (exact) mass is 505 g/mol. The van der Waals surface area contributed by atoms with Gasteiger partial charge in [-0.25, -0.2) is 9.97 Å². The number of morpholine rings is 1. The van der Waals surface area contributed by atoms with Crippen LogP contribution in [0.15, 0.2) is 48.5 Å². The average molecular weight is 506 g/mol. The molecule has 0 radical (unpaired) electrons. The number of nitrogens with zero attached hydrogens (tertiary/aromatic N) is 6. The van der Waals surface area contributed by atoms with Crippen molar-refractivity contribution in [3.05, 3.63) is 59.4 Å². The van der Waals surface area contributed by atoms with E-state index in [0.717, 1.165) is 72.2 Å². The molecule has 1 N–H and O–H groups in total. The third-order valence-electron chi connectivity index (χ3n) is 6.35. The van der Waals surface area contributed by atoms with Crippen LogP contribution in [0.4, 0.5) is 17.5 Å². The molecule has 1 saturated heterocycles. The number of fused-ring (bicyclic) bond motifs is 1. The third kappa shape index (κ3) is 5.61. The Hall–Kier alpha value is -3.20. The lowest BCUT2D eigenvalue weighted by Crippen LogP contribution is -2.37. The lowest BCUT2D eigenvalue weighted by atomic mass is 10.1. The number of benzene rings is 2. The molecule has 0 atom stereocenters. The number of anilines is 3. The van der Waals surface area contributed by atoms with Crippen molar-refractivity contribution in [1.29, 1.82) is 0 Å². The largest absolute Gasteiger partial charge is 0.378 e. The zero-order chi connectivity index (χ0) is 25.1. The molecule has 0 unspecified atom stereocenters. The number of aromatic nitrogens is 4. The SMILES string of the molecule is Cc1nc2ccc(-c3cc(Nc4ccc(Cl)cc4)nc(N4CCOCC4)n3)cc2n1CCCN(C)C. The highest BCUT2D eigenvalue weighted by Gasteiger charge is 2.17. The maximum absolute atomic E-state index is 6.07. The molecule has 8 nitrogen and oxygen atoms in total. The van der Waals surface area contributed by atoms with E-state index in [4.69, 9.17) is 31.3 Å². The Morgan fingerprint density at radius 2 is 1.78 bits per heavy atom. The van der Waals surface area contributed by atoms with Crippen molar-refractivity contribution in [3.8, 4) is 11.3 Å². The van der Waals surface area contributed by atoms with Crippen LogP contribution < -0.4 is 10.2 Å². The van der Waals surface area contributed by atoms with Crippen molar-refractivity contribution in [2.45, 2.75) is 19.9 Å². The Labute approximate surface area is 216 Å². The molecule has 188 valence electrons. The highest BCUT2D eigenvalue weighted by Crippen LogP contribution is 2.29. The predicted molar refractivity (Wildman–Crippen MR) is 146 cm³/mol. The van der Waals surface area contributed by atoms with E-state index in [1.807, 2.05) is 30.3 Å². The van der Waals surface area contributed by atoms with E-state index in [9.17, 15) is 0 Å². The second-order valence-electron chi connectivity index (χ2n) is 9.34. The van der Waals surface area contributed by atoms with E-state index >= 15 is 0 Å². The Morgan fingerprint density at radius 3 is 2.53 bits per heavy atom. The lowest BCUT2D eigenvalue weighted by Gasteiger charge is -2.27. The summed E-state index contributed by atoms with van der Waals surface area (Å²) in [6.07, 6.45) is 1.06. The van der Waals surface area contributed by atoms with Crippen molar-refractivity contribution >= 4 is 40.1 Å². The van der Waals surface area contributed by atoms with Gasteiger partial charge in [-0.2, -0.15) is 4.98 Å². The van der Waals surface area contributed by atoms with E-state index in [1.165, 1.54) is 0 Å². The van der Waals surface area contributed by atoms with Crippen LogP contribution >= 0.6 is 11.6 Å².